The van der Waals surface area contributed by atoms with Crippen LogP contribution in [0.25, 0.3) is 0 Å². The van der Waals surface area contributed by atoms with Crippen LogP contribution >= 0.6 is 15.9 Å². The van der Waals surface area contributed by atoms with Gasteiger partial charge < -0.3 is 14.7 Å². The Labute approximate surface area is 185 Å². The number of hydrogen-bond acceptors (Lipinski definition) is 3. The predicted molar refractivity (Wildman–Crippen MR) is 111 cm³/mol. The van der Waals surface area contributed by atoms with Gasteiger partial charge in [-0.1, -0.05) is 6.07 Å². The van der Waals surface area contributed by atoms with Gasteiger partial charge in [0.15, 0.2) is 5.60 Å². The van der Waals surface area contributed by atoms with Crippen LogP contribution in [0.4, 0.5) is 23.7 Å². The molecule has 1 fully saturated rings. The summed E-state index contributed by atoms with van der Waals surface area (Å²) in [6.07, 6.45) is -4.43. The maximum Gasteiger partial charge on any atom is 0.416 e. The van der Waals surface area contributed by atoms with E-state index in [1.165, 1.54) is 30.9 Å². The normalized spacial score (nSPS) is 14.8. The molecule has 2 aromatic rings. The Morgan fingerprint density at radius 2 is 1.77 bits per heavy atom. The molecule has 10 heteroatoms. The predicted octanol–water partition coefficient (Wildman–Crippen LogP) is 5.15. The standard InChI is InChI=1S/C21H20BrF3N2O4/c1-20(2,18(28)29)31-17-8-3-13(11-16(17)22)12-26-9-10-27(19(26)30)15-6-4-14(5-7-15)21(23,24)25/h3-8,11H,9-10,12H2,1-2H3,(H,28,29). The van der Waals surface area contributed by atoms with Crippen molar-refractivity contribution in [2.45, 2.75) is 32.2 Å². The van der Waals surface area contributed by atoms with Crippen molar-refractivity contribution in [2.75, 3.05) is 18.0 Å². The van der Waals surface area contributed by atoms with Gasteiger partial charge in [0.1, 0.15) is 5.75 Å². The summed E-state index contributed by atoms with van der Waals surface area (Å²) >= 11 is 3.36. The van der Waals surface area contributed by atoms with E-state index in [0.717, 1.165) is 17.7 Å². The van der Waals surface area contributed by atoms with Crippen LogP contribution in [-0.2, 0) is 17.5 Å². The number of amides is 2. The highest BCUT2D eigenvalue weighted by Gasteiger charge is 2.33. The quantitative estimate of drug-likeness (QED) is 0.595. The Morgan fingerprint density at radius 1 is 1.13 bits per heavy atom. The molecule has 1 aliphatic heterocycles. The summed E-state index contributed by atoms with van der Waals surface area (Å²) in [6, 6.07) is 9.28. The Bertz CT molecular complexity index is 993. The summed E-state index contributed by atoms with van der Waals surface area (Å²) in [7, 11) is 0. The summed E-state index contributed by atoms with van der Waals surface area (Å²) in [5, 5.41) is 9.20. The van der Waals surface area contributed by atoms with Crippen LogP contribution in [0.15, 0.2) is 46.9 Å². The number of carboxylic acids is 1. The maximum atomic E-state index is 12.7. The van der Waals surface area contributed by atoms with Crippen molar-refractivity contribution in [3.05, 3.63) is 58.1 Å². The average molecular weight is 501 g/mol. The van der Waals surface area contributed by atoms with E-state index in [1.807, 2.05) is 0 Å². The van der Waals surface area contributed by atoms with Crippen molar-refractivity contribution < 1.29 is 32.6 Å². The largest absolute Gasteiger partial charge is 0.478 e. The lowest BCUT2D eigenvalue weighted by Crippen LogP contribution is -2.38. The molecule has 0 aromatic heterocycles. The zero-order valence-corrected chi connectivity index (χ0v) is 18.3. The Hall–Kier alpha value is -2.75. The van der Waals surface area contributed by atoms with Gasteiger partial charge in [-0.15, -0.1) is 0 Å². The molecule has 0 atom stereocenters. The third kappa shape index (κ3) is 5.12. The molecule has 0 saturated carbocycles. The van der Waals surface area contributed by atoms with Gasteiger partial charge in [-0.05, 0) is 71.7 Å². The number of aliphatic carboxylic acids is 1. The fraction of sp³-hybridized carbons (Fsp3) is 0.333. The SMILES string of the molecule is CC(C)(Oc1ccc(CN2CCN(c3ccc(C(F)(F)F)cc3)C2=O)cc1Br)C(=O)O. The fourth-order valence-electron chi connectivity index (χ4n) is 3.06. The highest BCUT2D eigenvalue weighted by atomic mass is 79.9. The van der Waals surface area contributed by atoms with Gasteiger partial charge in [0.25, 0.3) is 0 Å². The summed E-state index contributed by atoms with van der Waals surface area (Å²) in [4.78, 5) is 27.0. The molecule has 0 unspecified atom stereocenters. The van der Waals surface area contributed by atoms with Crippen LogP contribution in [0.5, 0.6) is 5.75 Å². The number of urea groups is 1. The van der Waals surface area contributed by atoms with Crippen LogP contribution < -0.4 is 9.64 Å². The molecule has 31 heavy (non-hydrogen) atoms. The van der Waals surface area contributed by atoms with E-state index in [4.69, 9.17) is 4.74 Å². The lowest BCUT2D eigenvalue weighted by Gasteiger charge is -2.23. The molecule has 166 valence electrons. The molecule has 0 spiro atoms. The molecule has 2 aromatic carbocycles. The fourth-order valence-corrected chi connectivity index (χ4v) is 3.57. The number of ether oxygens (including phenoxy) is 1. The first-order valence-electron chi connectivity index (χ1n) is 9.33. The van der Waals surface area contributed by atoms with Crippen LogP contribution in [0, 0.1) is 0 Å². The van der Waals surface area contributed by atoms with E-state index < -0.39 is 23.3 Å². The molecular formula is C21H20BrF3N2O4. The molecule has 2 amide bonds. The Kier molecular flexibility index (Phi) is 6.22. The molecule has 0 aliphatic carbocycles. The van der Waals surface area contributed by atoms with Gasteiger partial charge in [0.2, 0.25) is 0 Å². The molecule has 0 bridgehead atoms. The first-order chi connectivity index (χ1) is 14.4. The highest BCUT2D eigenvalue weighted by molar-refractivity contribution is 9.10. The van der Waals surface area contributed by atoms with Crippen molar-refractivity contribution >= 4 is 33.6 Å². The molecular weight excluding hydrogens is 481 g/mol. The van der Waals surface area contributed by atoms with Gasteiger partial charge >= 0.3 is 18.2 Å². The summed E-state index contributed by atoms with van der Waals surface area (Å²) < 4.78 is 44.3. The highest BCUT2D eigenvalue weighted by Crippen LogP contribution is 2.32. The van der Waals surface area contributed by atoms with Crippen molar-refractivity contribution in [1.82, 2.24) is 4.90 Å². The zero-order valence-electron chi connectivity index (χ0n) is 16.7. The first kappa shape index (κ1) is 22.9. The Balaban J connectivity index is 1.68. The third-order valence-corrected chi connectivity index (χ3v) is 5.47. The number of anilines is 1. The smallest absolute Gasteiger partial charge is 0.416 e. The number of rotatable bonds is 6. The number of alkyl halides is 3. The Morgan fingerprint density at radius 3 is 2.32 bits per heavy atom. The average Bonchev–Trinajstić information content (AvgIpc) is 3.03. The number of nitrogens with zero attached hydrogens (tertiary/aromatic N) is 2. The molecule has 0 radical (unpaired) electrons. The molecule has 3 rings (SSSR count). The molecule has 1 N–H and O–H groups in total. The summed E-state index contributed by atoms with van der Waals surface area (Å²) in [5.74, 6) is -0.746. The van der Waals surface area contributed by atoms with Crippen molar-refractivity contribution in [2.24, 2.45) is 0 Å². The van der Waals surface area contributed by atoms with Crippen molar-refractivity contribution in [1.29, 1.82) is 0 Å². The number of hydrogen-bond donors (Lipinski definition) is 1. The zero-order chi connectivity index (χ0) is 23.0. The molecule has 6 nitrogen and oxygen atoms in total. The number of halogens is 4. The first-order valence-corrected chi connectivity index (χ1v) is 10.1. The lowest BCUT2D eigenvalue weighted by atomic mass is 10.1. The van der Waals surface area contributed by atoms with Crippen LogP contribution in [0.1, 0.15) is 25.0 Å². The molecule has 1 saturated heterocycles. The van der Waals surface area contributed by atoms with Gasteiger partial charge in [0.05, 0.1) is 10.0 Å². The number of carboxylic acid groups (broad SMARTS) is 1. The number of benzene rings is 2. The van der Waals surface area contributed by atoms with Crippen LogP contribution in [0.3, 0.4) is 0 Å². The van der Waals surface area contributed by atoms with Crippen molar-refractivity contribution in [3.8, 4) is 5.75 Å². The molecule has 1 heterocycles. The topological polar surface area (TPSA) is 70.1 Å². The van der Waals surface area contributed by atoms with E-state index in [-0.39, 0.29) is 12.6 Å². The summed E-state index contributed by atoms with van der Waals surface area (Å²) in [5.41, 5.74) is -0.980. The van der Waals surface area contributed by atoms with Gasteiger partial charge in [-0.2, -0.15) is 13.2 Å². The van der Waals surface area contributed by atoms with Gasteiger partial charge in [-0.25, -0.2) is 9.59 Å². The lowest BCUT2D eigenvalue weighted by molar-refractivity contribution is -0.152. The van der Waals surface area contributed by atoms with E-state index in [2.05, 4.69) is 15.9 Å². The number of carbonyl (C=O) groups is 2. The second-order valence-corrected chi connectivity index (χ2v) is 8.44. The monoisotopic (exact) mass is 500 g/mol. The van der Waals surface area contributed by atoms with E-state index >= 15 is 0 Å². The van der Waals surface area contributed by atoms with Crippen LogP contribution in [0.2, 0.25) is 0 Å². The maximum absolute atomic E-state index is 12.7. The van der Waals surface area contributed by atoms with Gasteiger partial charge in [0, 0.05) is 25.3 Å². The number of carbonyl (C=O) groups excluding carboxylic acids is 1. The molecule has 1 aliphatic rings. The third-order valence-electron chi connectivity index (χ3n) is 4.85. The van der Waals surface area contributed by atoms with E-state index in [9.17, 15) is 27.9 Å². The minimum atomic E-state index is -4.43. The van der Waals surface area contributed by atoms with E-state index in [1.54, 1.807) is 23.1 Å². The minimum Gasteiger partial charge on any atom is -0.478 e. The summed E-state index contributed by atoms with van der Waals surface area (Å²) in [6.45, 7) is 3.95. The van der Waals surface area contributed by atoms with Crippen LogP contribution in [-0.4, -0.2) is 40.7 Å². The van der Waals surface area contributed by atoms with Crippen molar-refractivity contribution in [3.63, 3.8) is 0 Å². The minimum absolute atomic E-state index is 0.289. The second-order valence-electron chi connectivity index (χ2n) is 7.58. The van der Waals surface area contributed by atoms with E-state index in [0.29, 0.717) is 29.0 Å². The van der Waals surface area contributed by atoms with Gasteiger partial charge in [-0.3, -0.25) is 4.90 Å². The second kappa shape index (κ2) is 8.41.